The number of anilines is 4. The molecule has 0 unspecified atom stereocenters. The van der Waals surface area contributed by atoms with Gasteiger partial charge in [0, 0.05) is 43.0 Å². The highest BCUT2D eigenvalue weighted by molar-refractivity contribution is 5.95. The van der Waals surface area contributed by atoms with Gasteiger partial charge in [-0.2, -0.15) is 15.0 Å². The molecule has 0 saturated heterocycles. The Balaban J connectivity index is 1.10. The Morgan fingerprint density at radius 3 is 1.73 bits per heavy atom. The van der Waals surface area contributed by atoms with Crippen LogP contribution in [0.25, 0.3) is 0 Å². The summed E-state index contributed by atoms with van der Waals surface area (Å²) in [6.45, 7) is 3.02. The predicted octanol–water partition coefficient (Wildman–Crippen LogP) is 4.73. The van der Waals surface area contributed by atoms with Gasteiger partial charge in [-0.05, 0) is 59.7 Å². The molecule has 4 aromatic carbocycles. The standard InChI is InChI=1S/C38H40N8O6/c47-33(29-9-5-2-6-10-29)39-19-21-51-23-24-52-22-20-40-36-44-37(42-26-28-11-13-31(14-12-28)35(49)50)46-38(45-36)43-32-17-15-30(16-18-32)34(48)41-25-27-7-3-1-4-8-27/h1-18H,19-26H2,(H,39,47)(H,41,48)(H,49,50)(H3,40,42,43,44,45,46). The second-order valence-electron chi connectivity index (χ2n) is 11.3. The molecule has 0 radical (unpaired) electrons. The summed E-state index contributed by atoms with van der Waals surface area (Å²) in [6, 6.07) is 32.1. The van der Waals surface area contributed by atoms with Crippen LogP contribution in [-0.2, 0) is 22.6 Å². The number of carboxylic acids is 1. The number of carbonyl (C=O) groups excluding carboxylic acids is 2. The molecule has 268 valence electrons. The molecule has 1 heterocycles. The number of rotatable bonds is 20. The molecule has 0 spiro atoms. The molecule has 0 aliphatic heterocycles. The maximum atomic E-state index is 12.7. The van der Waals surface area contributed by atoms with Gasteiger partial charge in [0.15, 0.2) is 0 Å². The largest absolute Gasteiger partial charge is 0.478 e. The first-order valence-corrected chi connectivity index (χ1v) is 16.7. The van der Waals surface area contributed by atoms with Crippen LogP contribution >= 0.6 is 0 Å². The van der Waals surface area contributed by atoms with E-state index in [-0.39, 0.29) is 29.3 Å². The van der Waals surface area contributed by atoms with Gasteiger partial charge in [0.2, 0.25) is 17.8 Å². The Morgan fingerprint density at radius 1 is 0.519 bits per heavy atom. The van der Waals surface area contributed by atoms with Gasteiger partial charge in [-0.25, -0.2) is 4.79 Å². The molecule has 0 saturated carbocycles. The Labute approximate surface area is 301 Å². The van der Waals surface area contributed by atoms with E-state index in [1.165, 1.54) is 12.1 Å². The molecule has 52 heavy (non-hydrogen) atoms. The van der Waals surface area contributed by atoms with Crippen LogP contribution in [0.3, 0.4) is 0 Å². The fraction of sp³-hybridized carbons (Fsp3) is 0.211. The van der Waals surface area contributed by atoms with Crippen LogP contribution in [0.4, 0.5) is 23.5 Å². The summed E-state index contributed by atoms with van der Waals surface area (Å²) in [5.74, 6) is -0.486. The highest BCUT2D eigenvalue weighted by Gasteiger charge is 2.10. The average Bonchev–Trinajstić information content (AvgIpc) is 3.18. The van der Waals surface area contributed by atoms with E-state index in [4.69, 9.17) is 9.47 Å². The van der Waals surface area contributed by atoms with E-state index in [1.54, 1.807) is 48.5 Å². The molecule has 5 aromatic rings. The first-order valence-electron chi connectivity index (χ1n) is 16.7. The van der Waals surface area contributed by atoms with Gasteiger partial charge in [0.1, 0.15) is 0 Å². The molecule has 5 rings (SSSR count). The van der Waals surface area contributed by atoms with Crippen molar-refractivity contribution in [3.8, 4) is 0 Å². The molecule has 6 N–H and O–H groups in total. The van der Waals surface area contributed by atoms with Crippen molar-refractivity contribution >= 4 is 41.3 Å². The zero-order valence-corrected chi connectivity index (χ0v) is 28.4. The Morgan fingerprint density at radius 2 is 1.06 bits per heavy atom. The van der Waals surface area contributed by atoms with Gasteiger partial charge in [0.25, 0.3) is 11.8 Å². The molecule has 0 aliphatic rings. The quantitative estimate of drug-likeness (QED) is 0.0613. The number of nitrogens with one attached hydrogen (secondary N) is 5. The van der Waals surface area contributed by atoms with Crippen LogP contribution in [-0.4, -0.2) is 77.4 Å². The monoisotopic (exact) mass is 704 g/mol. The van der Waals surface area contributed by atoms with E-state index >= 15 is 0 Å². The zero-order valence-electron chi connectivity index (χ0n) is 28.4. The lowest BCUT2D eigenvalue weighted by Crippen LogP contribution is -2.27. The Bertz CT molecular complexity index is 1880. The SMILES string of the molecule is O=C(O)c1ccc(CNc2nc(NCCOCCOCCNC(=O)c3ccccc3)nc(Nc3ccc(C(=O)NCc4ccccc4)cc3)n2)cc1. The molecule has 1 aromatic heterocycles. The zero-order chi connectivity index (χ0) is 36.4. The number of hydrogen-bond acceptors (Lipinski definition) is 11. The molecule has 0 atom stereocenters. The number of carbonyl (C=O) groups is 3. The van der Waals surface area contributed by atoms with Crippen molar-refractivity contribution in [1.82, 2.24) is 25.6 Å². The summed E-state index contributed by atoms with van der Waals surface area (Å²) < 4.78 is 11.2. The van der Waals surface area contributed by atoms with Gasteiger partial charge in [-0.15, -0.1) is 0 Å². The van der Waals surface area contributed by atoms with E-state index in [0.717, 1.165) is 11.1 Å². The topological polar surface area (TPSA) is 189 Å². The van der Waals surface area contributed by atoms with E-state index < -0.39 is 5.97 Å². The Kier molecular flexibility index (Phi) is 14.0. The summed E-state index contributed by atoms with van der Waals surface area (Å²) in [6.07, 6.45) is 0. The molecular formula is C38H40N8O6. The number of ether oxygens (including phenoxy) is 2. The number of amides is 2. The molecule has 0 bridgehead atoms. The van der Waals surface area contributed by atoms with Crippen LogP contribution in [0.2, 0.25) is 0 Å². The molecule has 0 fully saturated rings. The van der Waals surface area contributed by atoms with Crippen LogP contribution in [0.5, 0.6) is 0 Å². The van der Waals surface area contributed by atoms with Gasteiger partial charge in [-0.3, -0.25) is 9.59 Å². The lowest BCUT2D eigenvalue weighted by Gasteiger charge is -2.12. The first kappa shape index (κ1) is 36.9. The fourth-order valence-electron chi connectivity index (χ4n) is 4.74. The number of aromatic carboxylic acids is 1. The highest BCUT2D eigenvalue weighted by atomic mass is 16.5. The van der Waals surface area contributed by atoms with Crippen molar-refractivity contribution in [2.75, 3.05) is 55.5 Å². The number of hydrogen-bond donors (Lipinski definition) is 6. The smallest absolute Gasteiger partial charge is 0.335 e. The summed E-state index contributed by atoms with van der Waals surface area (Å²) in [4.78, 5) is 49.4. The third kappa shape index (κ3) is 12.2. The third-order valence-electron chi connectivity index (χ3n) is 7.46. The number of benzene rings is 4. The maximum Gasteiger partial charge on any atom is 0.335 e. The Hall–Kier alpha value is -6.38. The minimum atomic E-state index is -0.995. The molecule has 14 heteroatoms. The van der Waals surface area contributed by atoms with Crippen molar-refractivity contribution in [3.05, 3.63) is 137 Å². The van der Waals surface area contributed by atoms with Crippen LogP contribution < -0.4 is 26.6 Å². The van der Waals surface area contributed by atoms with Crippen LogP contribution in [0, 0.1) is 0 Å². The normalized spacial score (nSPS) is 10.6. The summed E-state index contributed by atoms with van der Waals surface area (Å²) in [5, 5.41) is 24.4. The van der Waals surface area contributed by atoms with E-state index in [1.807, 2.05) is 48.5 Å². The molecule has 2 amide bonds. The highest BCUT2D eigenvalue weighted by Crippen LogP contribution is 2.18. The van der Waals surface area contributed by atoms with E-state index in [0.29, 0.717) is 75.4 Å². The lowest BCUT2D eigenvalue weighted by atomic mass is 10.1. The van der Waals surface area contributed by atoms with Crippen LogP contribution in [0.1, 0.15) is 42.2 Å². The van der Waals surface area contributed by atoms with Crippen molar-refractivity contribution < 1.29 is 29.0 Å². The second-order valence-corrected chi connectivity index (χ2v) is 11.3. The number of aromatic nitrogens is 3. The average molecular weight is 705 g/mol. The summed E-state index contributed by atoms with van der Waals surface area (Å²) in [7, 11) is 0. The number of carboxylic acid groups (broad SMARTS) is 1. The lowest BCUT2D eigenvalue weighted by molar-refractivity contribution is 0.0519. The fourth-order valence-corrected chi connectivity index (χ4v) is 4.74. The minimum absolute atomic E-state index is 0.145. The molecular weight excluding hydrogens is 664 g/mol. The van der Waals surface area contributed by atoms with Crippen molar-refractivity contribution in [1.29, 1.82) is 0 Å². The van der Waals surface area contributed by atoms with Gasteiger partial charge < -0.3 is 41.2 Å². The van der Waals surface area contributed by atoms with Crippen LogP contribution in [0.15, 0.2) is 109 Å². The maximum absolute atomic E-state index is 12.7. The van der Waals surface area contributed by atoms with Gasteiger partial charge in [0.05, 0.1) is 32.0 Å². The van der Waals surface area contributed by atoms with Gasteiger partial charge in [-0.1, -0.05) is 60.7 Å². The number of nitrogens with zero attached hydrogens (tertiary/aromatic N) is 3. The van der Waals surface area contributed by atoms with Crippen molar-refractivity contribution in [2.45, 2.75) is 13.1 Å². The van der Waals surface area contributed by atoms with Crippen molar-refractivity contribution in [3.63, 3.8) is 0 Å². The van der Waals surface area contributed by atoms with Gasteiger partial charge >= 0.3 is 5.97 Å². The van der Waals surface area contributed by atoms with E-state index in [2.05, 4.69) is 41.5 Å². The molecule has 0 aliphatic carbocycles. The van der Waals surface area contributed by atoms with E-state index in [9.17, 15) is 19.5 Å². The molecule has 14 nitrogen and oxygen atoms in total. The first-order chi connectivity index (χ1) is 25.4. The summed E-state index contributed by atoms with van der Waals surface area (Å²) in [5.41, 5.74) is 3.82. The van der Waals surface area contributed by atoms with Crippen molar-refractivity contribution in [2.24, 2.45) is 0 Å². The predicted molar refractivity (Wildman–Crippen MR) is 197 cm³/mol. The minimum Gasteiger partial charge on any atom is -0.478 e. The third-order valence-corrected chi connectivity index (χ3v) is 7.46. The summed E-state index contributed by atoms with van der Waals surface area (Å²) >= 11 is 0. The second kappa shape index (κ2) is 19.7.